The number of likely N-dealkylation sites (tertiary alicyclic amines) is 2. The highest BCUT2D eigenvalue weighted by Gasteiger charge is 2.47. The van der Waals surface area contributed by atoms with E-state index in [0.717, 1.165) is 55.4 Å². The average Bonchev–Trinajstić information content (AvgIpc) is 3.29. The molecule has 1 spiro atoms. The summed E-state index contributed by atoms with van der Waals surface area (Å²) in [5, 5.41) is 4.01. The number of methoxy groups -OCH3 is 1. The zero-order valence-electron chi connectivity index (χ0n) is 16.3. The minimum absolute atomic E-state index is 0.0858. The minimum Gasteiger partial charge on any atom is -0.497 e. The van der Waals surface area contributed by atoms with Crippen LogP contribution in [0.1, 0.15) is 35.4 Å². The fraction of sp³-hybridized carbons (Fsp3) is 0.524. The summed E-state index contributed by atoms with van der Waals surface area (Å²) in [5.74, 6) is 1.95. The first-order valence-corrected chi connectivity index (χ1v) is 9.53. The Morgan fingerprint density at radius 2 is 1.96 bits per heavy atom. The van der Waals surface area contributed by atoms with Gasteiger partial charge >= 0.3 is 0 Å². The lowest BCUT2D eigenvalue weighted by atomic mass is 9.86. The highest BCUT2D eigenvalue weighted by molar-refractivity contribution is 5.79. The zero-order valence-corrected chi connectivity index (χ0v) is 16.3. The van der Waals surface area contributed by atoms with Gasteiger partial charge in [-0.3, -0.25) is 9.69 Å². The molecule has 2 aliphatic rings. The Balaban J connectivity index is 1.39. The van der Waals surface area contributed by atoms with Crippen molar-refractivity contribution in [3.63, 3.8) is 0 Å². The lowest BCUT2D eigenvalue weighted by molar-refractivity contribution is -0.128. The minimum atomic E-state index is 0.0858. The van der Waals surface area contributed by atoms with Crippen molar-refractivity contribution in [2.24, 2.45) is 5.41 Å². The van der Waals surface area contributed by atoms with Gasteiger partial charge in [0.2, 0.25) is 5.91 Å². The van der Waals surface area contributed by atoms with Gasteiger partial charge in [-0.2, -0.15) is 0 Å². The normalized spacial score (nSPS) is 22.9. The van der Waals surface area contributed by atoms with Gasteiger partial charge in [0.15, 0.2) is 0 Å². The maximum atomic E-state index is 12.7. The van der Waals surface area contributed by atoms with E-state index in [4.69, 9.17) is 9.26 Å². The molecule has 0 N–H and O–H groups in total. The lowest BCUT2D eigenvalue weighted by Gasteiger charge is -2.24. The quantitative estimate of drug-likeness (QED) is 0.811. The van der Waals surface area contributed by atoms with Crippen LogP contribution in [-0.4, -0.2) is 47.6 Å². The van der Waals surface area contributed by atoms with Gasteiger partial charge in [-0.05, 0) is 44.5 Å². The first kappa shape index (κ1) is 18.0. The molecule has 4 rings (SSSR count). The summed E-state index contributed by atoms with van der Waals surface area (Å²) in [6, 6.07) is 8.25. The maximum Gasteiger partial charge on any atom is 0.223 e. The highest BCUT2D eigenvalue weighted by Crippen LogP contribution is 2.41. The molecule has 0 saturated carbocycles. The fourth-order valence-electron chi connectivity index (χ4n) is 4.47. The Labute approximate surface area is 160 Å². The number of carbonyl (C=O) groups is 1. The number of ether oxygens (including phenoxy) is 1. The molecule has 1 aromatic carbocycles. The van der Waals surface area contributed by atoms with Crippen LogP contribution in [-0.2, 0) is 17.9 Å². The molecule has 6 nitrogen and oxygen atoms in total. The smallest absolute Gasteiger partial charge is 0.223 e. The standard InChI is InChI=1S/C21H27N3O3/c1-15-19(16(2)27-22-15)12-24-14-21(10-20(24)25)8-9-23(13-21)11-17-4-6-18(26-3)7-5-17/h4-7H,8-14H2,1-3H3/t21-/m0/s1. The molecular weight excluding hydrogens is 342 g/mol. The van der Waals surface area contributed by atoms with E-state index in [2.05, 4.69) is 22.2 Å². The fourth-order valence-corrected chi connectivity index (χ4v) is 4.47. The van der Waals surface area contributed by atoms with Gasteiger partial charge in [0, 0.05) is 37.0 Å². The molecule has 1 aromatic heterocycles. The summed E-state index contributed by atoms with van der Waals surface area (Å²) in [6.45, 7) is 8.23. The third-order valence-corrected chi connectivity index (χ3v) is 6.02. The van der Waals surface area contributed by atoms with E-state index in [1.54, 1.807) is 7.11 Å². The number of aromatic nitrogens is 1. The van der Waals surface area contributed by atoms with Crippen LogP contribution in [0, 0.1) is 19.3 Å². The second kappa shape index (κ2) is 7.00. The van der Waals surface area contributed by atoms with E-state index < -0.39 is 0 Å². The Bertz CT molecular complexity index is 810. The molecule has 1 amide bonds. The molecule has 2 aromatic rings. The molecule has 6 heteroatoms. The highest BCUT2D eigenvalue weighted by atomic mass is 16.5. The number of aryl methyl sites for hydroxylation is 2. The van der Waals surface area contributed by atoms with Crippen molar-refractivity contribution < 1.29 is 14.1 Å². The van der Waals surface area contributed by atoms with Gasteiger partial charge in [0.1, 0.15) is 11.5 Å². The number of nitrogens with zero attached hydrogens (tertiary/aromatic N) is 3. The molecule has 0 aliphatic carbocycles. The Kier molecular flexibility index (Phi) is 4.68. The van der Waals surface area contributed by atoms with Crippen molar-refractivity contribution in [2.75, 3.05) is 26.7 Å². The number of carbonyl (C=O) groups excluding carboxylic acids is 1. The first-order valence-electron chi connectivity index (χ1n) is 9.53. The predicted octanol–water partition coefficient (Wildman–Crippen LogP) is 2.92. The van der Waals surface area contributed by atoms with Crippen molar-refractivity contribution in [3.8, 4) is 5.75 Å². The van der Waals surface area contributed by atoms with Crippen molar-refractivity contribution in [1.82, 2.24) is 15.0 Å². The Morgan fingerprint density at radius 3 is 2.63 bits per heavy atom. The van der Waals surface area contributed by atoms with Crippen LogP contribution < -0.4 is 4.74 Å². The second-order valence-electron chi connectivity index (χ2n) is 8.04. The molecule has 0 unspecified atom stereocenters. The number of hydrogen-bond donors (Lipinski definition) is 0. The Morgan fingerprint density at radius 1 is 1.19 bits per heavy atom. The average molecular weight is 369 g/mol. The molecule has 3 heterocycles. The molecule has 27 heavy (non-hydrogen) atoms. The summed E-state index contributed by atoms with van der Waals surface area (Å²) in [5.41, 5.74) is 3.30. The molecule has 2 aliphatic heterocycles. The van der Waals surface area contributed by atoms with Crippen LogP contribution in [0.15, 0.2) is 28.8 Å². The number of rotatable bonds is 5. The monoisotopic (exact) mass is 369 g/mol. The van der Waals surface area contributed by atoms with Crippen LogP contribution in [0.2, 0.25) is 0 Å². The van der Waals surface area contributed by atoms with Gasteiger partial charge in [-0.25, -0.2) is 0 Å². The number of amides is 1. The van der Waals surface area contributed by atoms with Crippen LogP contribution in [0.5, 0.6) is 5.75 Å². The van der Waals surface area contributed by atoms with Crippen molar-refractivity contribution in [3.05, 3.63) is 46.8 Å². The van der Waals surface area contributed by atoms with E-state index in [1.165, 1.54) is 5.56 Å². The molecule has 0 radical (unpaired) electrons. The molecule has 2 fully saturated rings. The van der Waals surface area contributed by atoms with E-state index >= 15 is 0 Å². The Hall–Kier alpha value is -2.34. The van der Waals surface area contributed by atoms with Crippen molar-refractivity contribution >= 4 is 5.91 Å². The summed E-state index contributed by atoms with van der Waals surface area (Å²) >= 11 is 0. The summed E-state index contributed by atoms with van der Waals surface area (Å²) in [4.78, 5) is 17.1. The second-order valence-corrected chi connectivity index (χ2v) is 8.04. The number of benzene rings is 1. The molecule has 144 valence electrons. The number of hydrogen-bond acceptors (Lipinski definition) is 5. The first-order chi connectivity index (χ1) is 13.0. The maximum absolute atomic E-state index is 12.7. The lowest BCUT2D eigenvalue weighted by Crippen LogP contribution is -2.31. The van der Waals surface area contributed by atoms with E-state index in [1.807, 2.05) is 30.9 Å². The third kappa shape index (κ3) is 3.58. The van der Waals surface area contributed by atoms with Gasteiger partial charge in [-0.15, -0.1) is 0 Å². The summed E-state index contributed by atoms with van der Waals surface area (Å²) < 4.78 is 10.5. The predicted molar refractivity (Wildman–Crippen MR) is 101 cm³/mol. The van der Waals surface area contributed by atoms with Crippen LogP contribution in [0.25, 0.3) is 0 Å². The van der Waals surface area contributed by atoms with E-state index in [9.17, 15) is 4.79 Å². The molecule has 0 bridgehead atoms. The topological polar surface area (TPSA) is 58.8 Å². The molecule has 2 saturated heterocycles. The van der Waals surface area contributed by atoms with E-state index in [0.29, 0.717) is 13.0 Å². The van der Waals surface area contributed by atoms with Gasteiger partial charge in [0.25, 0.3) is 0 Å². The SMILES string of the molecule is COc1ccc(CN2CC[C@]3(CC(=O)N(Cc4c(C)noc4C)C3)C2)cc1. The van der Waals surface area contributed by atoms with E-state index in [-0.39, 0.29) is 11.3 Å². The van der Waals surface area contributed by atoms with Gasteiger partial charge in [0.05, 0.1) is 19.3 Å². The molecule has 1 atom stereocenters. The summed E-state index contributed by atoms with van der Waals surface area (Å²) in [6.07, 6.45) is 1.72. The third-order valence-electron chi connectivity index (χ3n) is 6.02. The van der Waals surface area contributed by atoms with Crippen LogP contribution >= 0.6 is 0 Å². The molecular formula is C21H27N3O3. The van der Waals surface area contributed by atoms with Crippen molar-refractivity contribution in [1.29, 1.82) is 0 Å². The zero-order chi connectivity index (χ0) is 19.0. The van der Waals surface area contributed by atoms with Crippen molar-refractivity contribution in [2.45, 2.75) is 39.8 Å². The van der Waals surface area contributed by atoms with Gasteiger partial charge < -0.3 is 14.2 Å². The van der Waals surface area contributed by atoms with Crippen LogP contribution in [0.4, 0.5) is 0 Å². The van der Waals surface area contributed by atoms with Gasteiger partial charge in [-0.1, -0.05) is 17.3 Å². The largest absolute Gasteiger partial charge is 0.497 e. The summed E-state index contributed by atoms with van der Waals surface area (Å²) in [7, 11) is 1.69. The van der Waals surface area contributed by atoms with Crippen LogP contribution in [0.3, 0.4) is 0 Å².